The Balaban J connectivity index is 2.82. The van der Waals surface area contributed by atoms with Gasteiger partial charge in [0, 0.05) is 6.42 Å². The highest BCUT2D eigenvalue weighted by Gasteiger charge is 2.18. The molecule has 0 spiro atoms. The van der Waals surface area contributed by atoms with Crippen LogP contribution in [0.15, 0.2) is 30.3 Å². The van der Waals surface area contributed by atoms with Crippen LogP contribution in [0.1, 0.15) is 17.9 Å². The second kappa shape index (κ2) is 5.69. The van der Waals surface area contributed by atoms with E-state index in [2.05, 4.69) is 31.1 Å². The first-order chi connectivity index (χ1) is 7.90. The van der Waals surface area contributed by atoms with Crippen LogP contribution < -0.4 is 0 Å². The van der Waals surface area contributed by atoms with Crippen molar-refractivity contribution in [3.8, 4) is 11.5 Å². The second-order valence-corrected chi connectivity index (χ2v) is 9.81. The summed E-state index contributed by atoms with van der Waals surface area (Å²) in [6.45, 7) is 6.45. The molecular formula is C14H18O2Si. The number of carboxylic acids is 1. The van der Waals surface area contributed by atoms with E-state index < -0.39 is 20.0 Å². The summed E-state index contributed by atoms with van der Waals surface area (Å²) in [5.74, 6) is 1.72. The Morgan fingerprint density at radius 2 is 1.88 bits per heavy atom. The number of aliphatic carboxylic acids is 1. The third-order valence-electron chi connectivity index (χ3n) is 2.27. The van der Waals surface area contributed by atoms with Crippen LogP contribution in [0, 0.1) is 11.5 Å². The van der Waals surface area contributed by atoms with Crippen molar-refractivity contribution in [2.75, 3.05) is 0 Å². The lowest BCUT2D eigenvalue weighted by Gasteiger charge is -2.09. The molecule has 90 valence electrons. The fraction of sp³-hybridized carbons (Fsp3) is 0.357. The number of benzene rings is 1. The third kappa shape index (κ3) is 4.88. The largest absolute Gasteiger partial charge is 0.481 e. The molecule has 1 rings (SSSR count). The molecule has 0 unspecified atom stereocenters. The first-order valence-corrected chi connectivity index (χ1v) is 9.18. The lowest BCUT2D eigenvalue weighted by molar-refractivity contribution is -0.138. The Morgan fingerprint density at radius 3 is 2.35 bits per heavy atom. The Hall–Kier alpha value is -1.53. The van der Waals surface area contributed by atoms with Gasteiger partial charge in [0.1, 0.15) is 8.07 Å². The molecule has 0 heterocycles. The highest BCUT2D eigenvalue weighted by atomic mass is 28.3. The minimum atomic E-state index is -1.41. The molecule has 0 radical (unpaired) electrons. The lowest BCUT2D eigenvalue weighted by Crippen LogP contribution is -2.17. The summed E-state index contributed by atoms with van der Waals surface area (Å²) in [5.41, 5.74) is 4.03. The normalized spacial score (nSPS) is 12.4. The number of carbonyl (C=O) groups is 1. The van der Waals surface area contributed by atoms with Crippen molar-refractivity contribution in [3.63, 3.8) is 0 Å². The second-order valence-electron chi connectivity index (χ2n) is 5.06. The standard InChI is InChI=1S/C14H18O2Si/c1-17(2,3)11-7-10-13(14(15)16)12-8-5-4-6-9-12/h4-6,8-9,13H,10H2,1-3H3,(H,15,16)/t13-/m1/s1. The molecule has 0 amide bonds. The van der Waals surface area contributed by atoms with E-state index >= 15 is 0 Å². The minimum absolute atomic E-state index is 0.392. The summed E-state index contributed by atoms with van der Waals surface area (Å²) in [5, 5.41) is 9.20. The molecule has 0 bridgehead atoms. The van der Waals surface area contributed by atoms with Gasteiger partial charge < -0.3 is 5.11 Å². The molecule has 0 aromatic heterocycles. The van der Waals surface area contributed by atoms with Gasteiger partial charge in [-0.25, -0.2) is 0 Å². The number of hydrogen-bond donors (Lipinski definition) is 1. The van der Waals surface area contributed by atoms with Gasteiger partial charge in [-0.3, -0.25) is 4.79 Å². The first-order valence-electron chi connectivity index (χ1n) is 5.68. The summed E-state index contributed by atoms with van der Waals surface area (Å²) >= 11 is 0. The van der Waals surface area contributed by atoms with E-state index in [1.807, 2.05) is 30.3 Å². The molecule has 0 aliphatic heterocycles. The van der Waals surface area contributed by atoms with Crippen LogP contribution >= 0.6 is 0 Å². The molecule has 0 aliphatic carbocycles. The Kier molecular flexibility index (Phi) is 4.53. The molecule has 17 heavy (non-hydrogen) atoms. The smallest absolute Gasteiger partial charge is 0.311 e. The zero-order valence-corrected chi connectivity index (χ0v) is 11.5. The molecule has 0 saturated heterocycles. The zero-order valence-electron chi connectivity index (χ0n) is 10.5. The fourth-order valence-electron chi connectivity index (χ4n) is 1.45. The van der Waals surface area contributed by atoms with Crippen molar-refractivity contribution >= 4 is 14.0 Å². The third-order valence-corrected chi connectivity index (χ3v) is 3.20. The van der Waals surface area contributed by atoms with Gasteiger partial charge in [-0.2, -0.15) is 0 Å². The van der Waals surface area contributed by atoms with Gasteiger partial charge in [-0.15, -0.1) is 11.5 Å². The molecular weight excluding hydrogens is 228 g/mol. The lowest BCUT2D eigenvalue weighted by atomic mass is 9.96. The van der Waals surface area contributed by atoms with Crippen molar-refractivity contribution in [2.45, 2.75) is 32.0 Å². The van der Waals surface area contributed by atoms with E-state index in [0.29, 0.717) is 6.42 Å². The van der Waals surface area contributed by atoms with E-state index in [1.54, 1.807) is 0 Å². The molecule has 2 nitrogen and oxygen atoms in total. The number of rotatable bonds is 3. The maximum Gasteiger partial charge on any atom is 0.311 e. The number of carboxylic acid groups (broad SMARTS) is 1. The first kappa shape index (κ1) is 13.5. The fourth-order valence-corrected chi connectivity index (χ4v) is 2.08. The van der Waals surface area contributed by atoms with Gasteiger partial charge in [-0.1, -0.05) is 50.0 Å². The van der Waals surface area contributed by atoms with Gasteiger partial charge in [0.25, 0.3) is 0 Å². The van der Waals surface area contributed by atoms with Gasteiger partial charge in [0.05, 0.1) is 5.92 Å². The van der Waals surface area contributed by atoms with E-state index in [1.165, 1.54) is 0 Å². The van der Waals surface area contributed by atoms with Gasteiger partial charge in [0.2, 0.25) is 0 Å². The Bertz CT molecular complexity index is 435. The average molecular weight is 246 g/mol. The van der Waals surface area contributed by atoms with Crippen LogP contribution in [0.4, 0.5) is 0 Å². The zero-order chi connectivity index (χ0) is 12.9. The molecule has 1 N–H and O–H groups in total. The Labute approximate surface area is 104 Å². The van der Waals surface area contributed by atoms with Crippen molar-refractivity contribution in [1.82, 2.24) is 0 Å². The molecule has 1 atom stereocenters. The molecule has 1 aromatic carbocycles. The van der Waals surface area contributed by atoms with Crippen molar-refractivity contribution in [2.24, 2.45) is 0 Å². The van der Waals surface area contributed by atoms with E-state index in [-0.39, 0.29) is 0 Å². The topological polar surface area (TPSA) is 37.3 Å². The predicted molar refractivity (Wildman–Crippen MR) is 72.6 cm³/mol. The van der Waals surface area contributed by atoms with Crippen LogP contribution in [0.25, 0.3) is 0 Å². The van der Waals surface area contributed by atoms with Crippen molar-refractivity contribution in [1.29, 1.82) is 0 Å². The molecule has 0 fully saturated rings. The van der Waals surface area contributed by atoms with Crippen LogP contribution in [0.2, 0.25) is 19.6 Å². The highest BCUT2D eigenvalue weighted by molar-refractivity contribution is 6.83. The van der Waals surface area contributed by atoms with Crippen LogP contribution in [-0.2, 0) is 4.79 Å². The summed E-state index contributed by atoms with van der Waals surface area (Å²) in [7, 11) is -1.41. The average Bonchev–Trinajstić information content (AvgIpc) is 2.23. The molecule has 0 aliphatic rings. The predicted octanol–water partition coefficient (Wildman–Crippen LogP) is 3.13. The van der Waals surface area contributed by atoms with Crippen LogP contribution in [0.3, 0.4) is 0 Å². The van der Waals surface area contributed by atoms with Crippen LogP contribution in [0.5, 0.6) is 0 Å². The van der Waals surface area contributed by atoms with E-state index in [4.69, 9.17) is 0 Å². The monoisotopic (exact) mass is 246 g/mol. The minimum Gasteiger partial charge on any atom is -0.481 e. The van der Waals surface area contributed by atoms with Crippen LogP contribution in [-0.4, -0.2) is 19.1 Å². The van der Waals surface area contributed by atoms with Gasteiger partial charge >= 0.3 is 5.97 Å². The maximum atomic E-state index is 11.2. The van der Waals surface area contributed by atoms with E-state index in [9.17, 15) is 9.90 Å². The summed E-state index contributed by atoms with van der Waals surface area (Å²) in [6, 6.07) is 9.29. The number of hydrogen-bond acceptors (Lipinski definition) is 1. The summed E-state index contributed by atoms with van der Waals surface area (Å²) in [6.07, 6.45) is 0.392. The van der Waals surface area contributed by atoms with Gasteiger partial charge in [0.15, 0.2) is 0 Å². The van der Waals surface area contributed by atoms with E-state index in [0.717, 1.165) is 5.56 Å². The van der Waals surface area contributed by atoms with Gasteiger partial charge in [-0.05, 0) is 5.56 Å². The Morgan fingerprint density at radius 1 is 1.29 bits per heavy atom. The van der Waals surface area contributed by atoms with Crippen molar-refractivity contribution in [3.05, 3.63) is 35.9 Å². The SMILES string of the molecule is C[Si](C)(C)C#CC[C@@H](C(=O)O)c1ccccc1. The molecule has 1 aromatic rings. The summed E-state index contributed by atoms with van der Waals surface area (Å²) in [4.78, 5) is 11.2. The summed E-state index contributed by atoms with van der Waals surface area (Å²) < 4.78 is 0. The highest BCUT2D eigenvalue weighted by Crippen LogP contribution is 2.19. The van der Waals surface area contributed by atoms with Crippen molar-refractivity contribution < 1.29 is 9.90 Å². The quantitative estimate of drug-likeness (QED) is 0.657. The molecule has 0 saturated carbocycles. The maximum absolute atomic E-state index is 11.2. The molecule has 3 heteroatoms.